The SMILES string of the molecule is O=C(Nc1ccc(-n2c(=O)[nH]c3cc(NCc4csc5ccccc45)ccc3c2=O)cc1)NS(=O)(=O)c1ccc(Cl)s1. The number of H-pyrrole nitrogens is 1. The van der Waals surface area contributed by atoms with E-state index in [1.165, 1.54) is 46.5 Å². The number of rotatable bonds is 7. The number of amides is 2. The van der Waals surface area contributed by atoms with Crippen LogP contribution in [0.2, 0.25) is 4.34 Å². The normalized spacial score (nSPS) is 11.5. The van der Waals surface area contributed by atoms with Crippen LogP contribution in [0.4, 0.5) is 16.2 Å². The number of carbonyl (C=O) groups excluding carboxylic acids is 1. The van der Waals surface area contributed by atoms with Crippen molar-refractivity contribution in [1.29, 1.82) is 0 Å². The average Bonchev–Trinajstić information content (AvgIpc) is 3.59. The van der Waals surface area contributed by atoms with E-state index >= 15 is 0 Å². The van der Waals surface area contributed by atoms with Crippen LogP contribution < -0.4 is 26.6 Å². The van der Waals surface area contributed by atoms with Crippen molar-refractivity contribution in [2.45, 2.75) is 10.8 Å². The van der Waals surface area contributed by atoms with Crippen molar-refractivity contribution in [3.63, 3.8) is 0 Å². The van der Waals surface area contributed by atoms with E-state index in [-0.39, 0.29) is 19.9 Å². The Kier molecular flexibility index (Phi) is 7.33. The molecule has 0 aliphatic heterocycles. The highest BCUT2D eigenvalue weighted by atomic mass is 35.5. The van der Waals surface area contributed by atoms with Gasteiger partial charge in [0.15, 0.2) is 0 Å². The van der Waals surface area contributed by atoms with Crippen LogP contribution in [-0.4, -0.2) is 24.0 Å². The number of nitrogens with one attached hydrogen (secondary N) is 4. The lowest BCUT2D eigenvalue weighted by atomic mass is 10.1. The van der Waals surface area contributed by atoms with Crippen LogP contribution in [0.1, 0.15) is 5.56 Å². The van der Waals surface area contributed by atoms with Gasteiger partial charge in [-0.15, -0.1) is 22.7 Å². The number of benzene rings is 3. The number of hydrogen-bond donors (Lipinski definition) is 4. The minimum absolute atomic E-state index is 0.105. The Balaban J connectivity index is 1.18. The van der Waals surface area contributed by atoms with E-state index in [4.69, 9.17) is 11.6 Å². The summed E-state index contributed by atoms with van der Waals surface area (Å²) < 4.78 is 28.9. The van der Waals surface area contributed by atoms with E-state index in [0.29, 0.717) is 17.4 Å². The molecule has 0 bridgehead atoms. The summed E-state index contributed by atoms with van der Waals surface area (Å²) in [7, 11) is -4.09. The van der Waals surface area contributed by atoms with Gasteiger partial charge in [0.1, 0.15) is 4.21 Å². The van der Waals surface area contributed by atoms with Crippen molar-refractivity contribution in [3.05, 3.63) is 115 Å². The Morgan fingerprint density at radius 1 is 0.929 bits per heavy atom. The van der Waals surface area contributed by atoms with E-state index < -0.39 is 27.3 Å². The zero-order valence-electron chi connectivity index (χ0n) is 21.4. The van der Waals surface area contributed by atoms with Gasteiger partial charge in [0, 0.05) is 22.6 Å². The quantitative estimate of drug-likeness (QED) is 0.176. The van der Waals surface area contributed by atoms with Crippen LogP contribution in [-0.2, 0) is 16.6 Å². The van der Waals surface area contributed by atoms with Gasteiger partial charge in [0.2, 0.25) is 0 Å². The number of halogens is 1. The van der Waals surface area contributed by atoms with Crippen LogP contribution in [0.5, 0.6) is 0 Å². The van der Waals surface area contributed by atoms with Crippen LogP contribution in [0, 0.1) is 0 Å². The molecule has 4 N–H and O–H groups in total. The first-order valence-corrected chi connectivity index (χ1v) is 15.9. The Morgan fingerprint density at radius 2 is 1.69 bits per heavy atom. The monoisotopic (exact) mass is 637 g/mol. The van der Waals surface area contributed by atoms with Gasteiger partial charge in [-0.25, -0.2) is 27.3 Å². The average molecular weight is 638 g/mol. The molecular weight excluding hydrogens is 618 g/mol. The number of nitrogens with zero attached hydrogens (tertiary/aromatic N) is 1. The highest BCUT2D eigenvalue weighted by Gasteiger charge is 2.20. The summed E-state index contributed by atoms with van der Waals surface area (Å²) >= 11 is 8.27. The van der Waals surface area contributed by atoms with Gasteiger partial charge in [0.05, 0.1) is 20.9 Å². The Hall–Kier alpha value is -4.43. The molecule has 3 aromatic heterocycles. The molecule has 0 radical (unpaired) electrons. The molecule has 0 spiro atoms. The molecule has 3 aromatic carbocycles. The molecular formula is C28H20ClN5O5S3. The molecule has 6 aromatic rings. The number of anilines is 2. The minimum atomic E-state index is -4.09. The molecule has 0 aliphatic carbocycles. The lowest BCUT2D eigenvalue weighted by Crippen LogP contribution is -2.34. The fourth-order valence-electron chi connectivity index (χ4n) is 4.39. The molecule has 2 amide bonds. The summed E-state index contributed by atoms with van der Waals surface area (Å²) in [5.41, 5.74) is 1.67. The molecule has 0 saturated carbocycles. The van der Waals surface area contributed by atoms with Crippen molar-refractivity contribution in [2.24, 2.45) is 0 Å². The van der Waals surface area contributed by atoms with E-state index in [1.807, 2.05) is 16.9 Å². The summed E-state index contributed by atoms with van der Waals surface area (Å²) in [4.78, 5) is 41.3. The molecule has 14 heteroatoms. The van der Waals surface area contributed by atoms with Gasteiger partial charge < -0.3 is 15.6 Å². The Labute approximate surface area is 251 Å². The molecule has 3 heterocycles. The number of carbonyl (C=O) groups is 1. The van der Waals surface area contributed by atoms with Gasteiger partial charge in [0.25, 0.3) is 15.6 Å². The second-order valence-electron chi connectivity index (χ2n) is 9.11. The second-order valence-corrected chi connectivity index (χ2v) is 13.6. The fourth-order valence-corrected chi connectivity index (χ4v) is 7.75. The Bertz CT molecular complexity index is 2200. The van der Waals surface area contributed by atoms with Crippen molar-refractivity contribution in [2.75, 3.05) is 10.6 Å². The van der Waals surface area contributed by atoms with Crippen molar-refractivity contribution >= 4 is 82.7 Å². The number of fused-ring (bicyclic) bond motifs is 2. The van der Waals surface area contributed by atoms with Crippen molar-refractivity contribution < 1.29 is 13.2 Å². The van der Waals surface area contributed by atoms with E-state index in [0.717, 1.165) is 27.2 Å². The number of thiophene rings is 2. The number of aromatic nitrogens is 2. The molecule has 0 unspecified atom stereocenters. The molecule has 0 atom stereocenters. The van der Waals surface area contributed by atoms with Crippen molar-refractivity contribution in [3.8, 4) is 5.69 Å². The molecule has 0 aliphatic rings. The maximum Gasteiger partial charge on any atom is 0.333 e. The van der Waals surface area contributed by atoms with Gasteiger partial charge in [-0.2, -0.15) is 0 Å². The lowest BCUT2D eigenvalue weighted by molar-refractivity contribution is 0.256. The van der Waals surface area contributed by atoms with Crippen LogP contribution in [0.25, 0.3) is 26.7 Å². The third-order valence-corrected chi connectivity index (χ3v) is 10.4. The lowest BCUT2D eigenvalue weighted by Gasteiger charge is -2.11. The molecule has 6 rings (SSSR count). The largest absolute Gasteiger partial charge is 0.381 e. The number of sulfonamides is 1. The van der Waals surface area contributed by atoms with Crippen LogP contribution in [0.3, 0.4) is 0 Å². The zero-order chi connectivity index (χ0) is 29.4. The zero-order valence-corrected chi connectivity index (χ0v) is 24.6. The molecule has 42 heavy (non-hydrogen) atoms. The smallest absolute Gasteiger partial charge is 0.333 e. The first-order valence-electron chi connectivity index (χ1n) is 12.4. The molecule has 10 nitrogen and oxygen atoms in total. The highest BCUT2D eigenvalue weighted by Crippen LogP contribution is 2.27. The third-order valence-electron chi connectivity index (χ3n) is 6.37. The van der Waals surface area contributed by atoms with E-state index in [2.05, 4.69) is 33.1 Å². The second kappa shape index (κ2) is 11.1. The number of aromatic amines is 1. The summed E-state index contributed by atoms with van der Waals surface area (Å²) in [6.45, 7) is 0.587. The Morgan fingerprint density at radius 3 is 2.45 bits per heavy atom. The predicted octanol–water partition coefficient (Wildman–Crippen LogP) is 5.73. The fraction of sp³-hybridized carbons (Fsp3) is 0.0357. The predicted molar refractivity (Wildman–Crippen MR) is 168 cm³/mol. The van der Waals surface area contributed by atoms with E-state index in [9.17, 15) is 22.8 Å². The first kappa shape index (κ1) is 27.7. The highest BCUT2D eigenvalue weighted by molar-refractivity contribution is 7.92. The van der Waals surface area contributed by atoms with Gasteiger partial charge in [-0.1, -0.05) is 29.8 Å². The van der Waals surface area contributed by atoms with Crippen LogP contribution >= 0.6 is 34.3 Å². The first-order chi connectivity index (χ1) is 20.2. The van der Waals surface area contributed by atoms with E-state index in [1.54, 1.807) is 29.5 Å². The maximum absolute atomic E-state index is 13.3. The third kappa shape index (κ3) is 5.54. The standard InChI is InChI=1S/C28H20ClN5O5S3/c29-24-11-12-25(41-24)42(38,39)33-27(36)31-17-5-8-19(9-6-17)34-26(35)21-10-7-18(13-22(21)32-28(34)37)30-14-16-15-40-23-4-2-1-3-20(16)23/h1-13,15,30H,14H2,(H,32,37)(H2,31,33,36). The summed E-state index contributed by atoms with van der Waals surface area (Å²) in [6.07, 6.45) is 0. The van der Waals surface area contributed by atoms with Gasteiger partial charge in [-0.05, 0) is 77.0 Å². The summed E-state index contributed by atoms with van der Waals surface area (Å²) in [5.74, 6) is 0. The number of hydrogen-bond acceptors (Lipinski definition) is 8. The van der Waals surface area contributed by atoms with Crippen LogP contribution in [0.15, 0.2) is 98.0 Å². The van der Waals surface area contributed by atoms with Gasteiger partial charge >= 0.3 is 11.7 Å². The summed E-state index contributed by atoms with van der Waals surface area (Å²) in [6, 6.07) is 20.9. The van der Waals surface area contributed by atoms with Gasteiger partial charge in [-0.3, -0.25) is 4.79 Å². The minimum Gasteiger partial charge on any atom is -0.381 e. The molecule has 0 fully saturated rings. The van der Waals surface area contributed by atoms with Crippen molar-refractivity contribution in [1.82, 2.24) is 14.3 Å². The molecule has 212 valence electrons. The summed E-state index contributed by atoms with van der Waals surface area (Å²) in [5, 5.41) is 9.38. The molecule has 0 saturated heterocycles. The topological polar surface area (TPSA) is 142 Å². The maximum atomic E-state index is 13.3. The number of urea groups is 1.